The lowest BCUT2D eigenvalue weighted by atomic mass is 10.1. The summed E-state index contributed by atoms with van der Waals surface area (Å²) in [5.41, 5.74) is 1.10. The lowest BCUT2D eigenvalue weighted by Gasteiger charge is -2.20. The third kappa shape index (κ3) is 6.12. The summed E-state index contributed by atoms with van der Waals surface area (Å²) in [7, 11) is 0. The summed E-state index contributed by atoms with van der Waals surface area (Å²) in [6, 6.07) is 18.6. The number of fused-ring (bicyclic) bond motifs is 1. The van der Waals surface area contributed by atoms with Gasteiger partial charge < -0.3 is 15.0 Å². The quantitative estimate of drug-likeness (QED) is 0.565. The molecule has 0 heterocycles. The Balaban J connectivity index is 1.49. The van der Waals surface area contributed by atoms with Crippen LogP contribution in [0, 0.1) is 5.82 Å². The van der Waals surface area contributed by atoms with Crippen molar-refractivity contribution in [2.75, 3.05) is 19.7 Å². The molecule has 0 spiro atoms. The molecule has 31 heavy (non-hydrogen) atoms. The van der Waals surface area contributed by atoms with E-state index in [2.05, 4.69) is 5.32 Å². The number of esters is 1. The fraction of sp³-hybridized carbons (Fsp3) is 0.208. The molecular formula is C24H23FN2O4. The average molecular weight is 422 g/mol. The van der Waals surface area contributed by atoms with E-state index in [0.29, 0.717) is 5.56 Å². The standard InChI is InChI=1S/C24H23FN2O4/c1-2-27(15-22(28)26-14-17-7-11-21(25)12-8-17)23(29)16-31-24(30)20-10-9-18-5-3-4-6-19(18)13-20/h3-13H,2,14-16H2,1H3,(H,26,28). The number of benzene rings is 3. The summed E-state index contributed by atoms with van der Waals surface area (Å²) in [4.78, 5) is 38.2. The van der Waals surface area contributed by atoms with E-state index in [4.69, 9.17) is 4.74 Å². The first-order chi connectivity index (χ1) is 15.0. The van der Waals surface area contributed by atoms with Crippen LogP contribution in [0.1, 0.15) is 22.8 Å². The SMILES string of the molecule is CCN(CC(=O)NCc1ccc(F)cc1)C(=O)COC(=O)c1ccc2ccccc2c1. The molecule has 0 saturated heterocycles. The number of hydrogen-bond acceptors (Lipinski definition) is 4. The minimum atomic E-state index is -0.601. The maximum atomic E-state index is 12.9. The molecule has 0 fully saturated rings. The van der Waals surface area contributed by atoms with Crippen molar-refractivity contribution in [3.05, 3.63) is 83.7 Å². The molecule has 2 amide bonds. The molecule has 0 aliphatic carbocycles. The second-order valence-corrected chi connectivity index (χ2v) is 6.95. The molecule has 0 aliphatic heterocycles. The van der Waals surface area contributed by atoms with Crippen LogP contribution in [0.5, 0.6) is 0 Å². The van der Waals surface area contributed by atoms with Gasteiger partial charge in [0.05, 0.1) is 12.1 Å². The molecule has 160 valence electrons. The van der Waals surface area contributed by atoms with E-state index in [1.54, 1.807) is 31.2 Å². The average Bonchev–Trinajstić information content (AvgIpc) is 2.80. The van der Waals surface area contributed by atoms with Crippen molar-refractivity contribution in [1.29, 1.82) is 0 Å². The van der Waals surface area contributed by atoms with Crippen LogP contribution in [0.15, 0.2) is 66.7 Å². The van der Waals surface area contributed by atoms with Crippen molar-refractivity contribution in [2.45, 2.75) is 13.5 Å². The number of carbonyl (C=O) groups is 3. The van der Waals surface area contributed by atoms with E-state index in [9.17, 15) is 18.8 Å². The van der Waals surface area contributed by atoms with Gasteiger partial charge in [0.15, 0.2) is 6.61 Å². The van der Waals surface area contributed by atoms with Crippen LogP contribution in [0.3, 0.4) is 0 Å². The molecule has 7 heteroatoms. The van der Waals surface area contributed by atoms with Gasteiger partial charge in [-0.2, -0.15) is 0 Å². The third-order valence-electron chi connectivity index (χ3n) is 4.78. The van der Waals surface area contributed by atoms with Crippen LogP contribution in [0.25, 0.3) is 10.8 Å². The van der Waals surface area contributed by atoms with Gasteiger partial charge in [-0.1, -0.05) is 42.5 Å². The molecule has 6 nitrogen and oxygen atoms in total. The fourth-order valence-electron chi connectivity index (χ4n) is 3.03. The van der Waals surface area contributed by atoms with E-state index in [0.717, 1.165) is 16.3 Å². The second-order valence-electron chi connectivity index (χ2n) is 6.95. The van der Waals surface area contributed by atoms with Crippen molar-refractivity contribution in [3.8, 4) is 0 Å². The maximum absolute atomic E-state index is 12.9. The van der Waals surface area contributed by atoms with Gasteiger partial charge in [0.1, 0.15) is 5.82 Å². The molecule has 3 aromatic rings. The number of rotatable bonds is 8. The molecule has 0 aliphatic rings. The highest BCUT2D eigenvalue weighted by atomic mass is 19.1. The van der Waals surface area contributed by atoms with Gasteiger partial charge in [0.2, 0.25) is 5.91 Å². The number of carbonyl (C=O) groups excluding carboxylic acids is 3. The van der Waals surface area contributed by atoms with Crippen LogP contribution in [0.2, 0.25) is 0 Å². The Kier molecular flexibility index (Phi) is 7.32. The van der Waals surface area contributed by atoms with E-state index in [1.807, 2.05) is 30.3 Å². The first-order valence-corrected chi connectivity index (χ1v) is 9.91. The highest BCUT2D eigenvalue weighted by Crippen LogP contribution is 2.16. The molecule has 0 saturated carbocycles. The Morgan fingerprint density at radius 1 is 0.968 bits per heavy atom. The van der Waals surface area contributed by atoms with Crippen LogP contribution in [-0.2, 0) is 20.9 Å². The zero-order valence-electron chi connectivity index (χ0n) is 17.1. The van der Waals surface area contributed by atoms with Gasteiger partial charge in [-0.05, 0) is 47.5 Å². The van der Waals surface area contributed by atoms with Gasteiger partial charge >= 0.3 is 5.97 Å². The number of halogens is 1. The zero-order chi connectivity index (χ0) is 22.2. The minimum Gasteiger partial charge on any atom is -0.452 e. The lowest BCUT2D eigenvalue weighted by Crippen LogP contribution is -2.42. The molecule has 3 aromatic carbocycles. The van der Waals surface area contributed by atoms with E-state index in [-0.39, 0.29) is 31.4 Å². The number of amides is 2. The Hall–Kier alpha value is -3.74. The van der Waals surface area contributed by atoms with E-state index < -0.39 is 18.5 Å². The van der Waals surface area contributed by atoms with E-state index in [1.165, 1.54) is 17.0 Å². The monoisotopic (exact) mass is 422 g/mol. The van der Waals surface area contributed by atoms with E-state index >= 15 is 0 Å². The summed E-state index contributed by atoms with van der Waals surface area (Å²) in [6.45, 7) is 1.63. The van der Waals surface area contributed by atoms with Crippen molar-refractivity contribution in [3.63, 3.8) is 0 Å². The zero-order valence-corrected chi connectivity index (χ0v) is 17.1. The topological polar surface area (TPSA) is 75.7 Å². The van der Waals surface area contributed by atoms with Crippen LogP contribution < -0.4 is 5.32 Å². The molecule has 0 unspecified atom stereocenters. The molecule has 1 N–H and O–H groups in total. The first-order valence-electron chi connectivity index (χ1n) is 9.91. The molecule has 3 rings (SSSR count). The fourth-order valence-corrected chi connectivity index (χ4v) is 3.03. The Bertz CT molecular complexity index is 1080. The molecular weight excluding hydrogens is 399 g/mol. The van der Waals surface area contributed by atoms with Crippen molar-refractivity contribution >= 4 is 28.6 Å². The highest BCUT2D eigenvalue weighted by molar-refractivity contribution is 5.96. The van der Waals surface area contributed by atoms with Gasteiger partial charge in [-0.25, -0.2) is 9.18 Å². The normalized spacial score (nSPS) is 10.5. The van der Waals surface area contributed by atoms with Crippen LogP contribution >= 0.6 is 0 Å². The summed E-state index contributed by atoms with van der Waals surface area (Å²) >= 11 is 0. The first kappa shape index (κ1) is 22.0. The number of nitrogens with one attached hydrogen (secondary N) is 1. The van der Waals surface area contributed by atoms with Gasteiger partial charge in [0, 0.05) is 13.1 Å². The lowest BCUT2D eigenvalue weighted by molar-refractivity contribution is -0.138. The summed E-state index contributed by atoms with van der Waals surface area (Å²) in [6.07, 6.45) is 0. The molecule has 0 aromatic heterocycles. The van der Waals surface area contributed by atoms with Gasteiger partial charge in [-0.15, -0.1) is 0 Å². The number of likely N-dealkylation sites (N-methyl/N-ethyl adjacent to an activating group) is 1. The Morgan fingerprint density at radius 3 is 2.39 bits per heavy atom. The van der Waals surface area contributed by atoms with Crippen molar-refractivity contribution in [2.24, 2.45) is 0 Å². The Labute approximate surface area is 179 Å². The molecule has 0 atom stereocenters. The minimum absolute atomic E-state index is 0.163. The molecule has 0 radical (unpaired) electrons. The summed E-state index contributed by atoms with van der Waals surface area (Å²) in [5.74, 6) is -1.78. The largest absolute Gasteiger partial charge is 0.452 e. The molecule has 0 bridgehead atoms. The highest BCUT2D eigenvalue weighted by Gasteiger charge is 2.18. The third-order valence-corrected chi connectivity index (χ3v) is 4.78. The smallest absolute Gasteiger partial charge is 0.338 e. The summed E-state index contributed by atoms with van der Waals surface area (Å²) in [5, 5.41) is 4.58. The summed E-state index contributed by atoms with van der Waals surface area (Å²) < 4.78 is 18.1. The predicted molar refractivity (Wildman–Crippen MR) is 115 cm³/mol. The van der Waals surface area contributed by atoms with Gasteiger partial charge in [-0.3, -0.25) is 9.59 Å². The van der Waals surface area contributed by atoms with Crippen LogP contribution in [-0.4, -0.2) is 42.4 Å². The Morgan fingerprint density at radius 2 is 1.68 bits per heavy atom. The van der Waals surface area contributed by atoms with Gasteiger partial charge in [0.25, 0.3) is 5.91 Å². The second kappa shape index (κ2) is 10.3. The predicted octanol–water partition coefficient (Wildman–Crippen LogP) is 3.30. The number of hydrogen-bond donors (Lipinski definition) is 1. The maximum Gasteiger partial charge on any atom is 0.338 e. The van der Waals surface area contributed by atoms with Crippen molar-refractivity contribution < 1.29 is 23.5 Å². The number of nitrogens with zero attached hydrogens (tertiary/aromatic N) is 1. The number of ether oxygens (including phenoxy) is 1. The van der Waals surface area contributed by atoms with Crippen LogP contribution in [0.4, 0.5) is 4.39 Å². The van der Waals surface area contributed by atoms with Crippen molar-refractivity contribution in [1.82, 2.24) is 10.2 Å².